The highest BCUT2D eigenvalue weighted by molar-refractivity contribution is 6.30. The zero-order chi connectivity index (χ0) is 14.5. The molecule has 0 aliphatic rings. The van der Waals surface area contributed by atoms with Crippen LogP contribution in [0.15, 0.2) is 18.3 Å². The Morgan fingerprint density at radius 1 is 1.32 bits per heavy atom. The summed E-state index contributed by atoms with van der Waals surface area (Å²) in [5, 5.41) is 4.02. The number of pyridine rings is 1. The number of carbonyl (C=O) groups excluding carboxylic acids is 2. The molecule has 1 aromatic rings. The smallest absolute Gasteiger partial charge is 0.345 e. The highest BCUT2D eigenvalue weighted by atomic mass is 35.5. The summed E-state index contributed by atoms with van der Waals surface area (Å²) >= 11 is 5.63. The van der Waals surface area contributed by atoms with Crippen LogP contribution in [0.3, 0.4) is 0 Å². The van der Waals surface area contributed by atoms with E-state index in [1.165, 1.54) is 18.3 Å². The Kier molecular flexibility index (Phi) is 5.11. The van der Waals surface area contributed by atoms with Gasteiger partial charge in [0.1, 0.15) is 12.2 Å². The molecule has 0 aliphatic carbocycles. The minimum atomic E-state index is -4.49. The number of nitrogens with zero attached hydrogens (tertiary/aromatic N) is 1. The summed E-state index contributed by atoms with van der Waals surface area (Å²) in [4.78, 5) is 26.2. The molecule has 0 spiro atoms. The van der Waals surface area contributed by atoms with Crippen LogP contribution < -0.4 is 10.6 Å². The van der Waals surface area contributed by atoms with Crippen molar-refractivity contribution in [2.24, 2.45) is 0 Å². The third-order valence-corrected chi connectivity index (χ3v) is 2.09. The van der Waals surface area contributed by atoms with E-state index < -0.39 is 31.1 Å². The molecule has 0 bridgehead atoms. The number of carbonyl (C=O) groups is 2. The van der Waals surface area contributed by atoms with E-state index in [0.717, 1.165) is 0 Å². The molecule has 9 heteroatoms. The highest BCUT2D eigenvalue weighted by Gasteiger charge is 2.27. The predicted molar refractivity (Wildman–Crippen MR) is 60.6 cm³/mol. The van der Waals surface area contributed by atoms with E-state index in [0.29, 0.717) is 0 Å². The van der Waals surface area contributed by atoms with Gasteiger partial charge in [-0.05, 0) is 12.1 Å². The maximum atomic E-state index is 11.8. The van der Waals surface area contributed by atoms with Gasteiger partial charge in [-0.3, -0.25) is 14.6 Å². The van der Waals surface area contributed by atoms with Crippen LogP contribution in [0.2, 0.25) is 5.02 Å². The highest BCUT2D eigenvalue weighted by Crippen LogP contribution is 2.11. The molecule has 1 aromatic heterocycles. The molecule has 0 aliphatic heterocycles. The molecule has 2 N–H and O–H groups in total. The lowest BCUT2D eigenvalue weighted by Crippen LogP contribution is -2.41. The van der Waals surface area contributed by atoms with E-state index in [1.807, 2.05) is 0 Å². The molecular formula is C10H9ClF3N3O2. The molecular weight excluding hydrogens is 287 g/mol. The lowest BCUT2D eigenvalue weighted by molar-refractivity contribution is -0.137. The van der Waals surface area contributed by atoms with E-state index in [2.05, 4.69) is 10.3 Å². The first-order valence-corrected chi connectivity index (χ1v) is 5.39. The predicted octanol–water partition coefficient (Wildman–Crippen LogP) is 1.14. The van der Waals surface area contributed by atoms with Crippen molar-refractivity contribution in [1.29, 1.82) is 0 Å². The second-order valence-electron chi connectivity index (χ2n) is 3.43. The molecule has 1 heterocycles. The molecule has 0 saturated carbocycles. The average Bonchev–Trinajstić information content (AvgIpc) is 2.32. The molecule has 0 radical (unpaired) electrons. The summed E-state index contributed by atoms with van der Waals surface area (Å²) in [6, 6.07) is 2.72. The Hall–Kier alpha value is -1.83. The first-order chi connectivity index (χ1) is 8.78. The molecule has 0 unspecified atom stereocenters. The summed E-state index contributed by atoms with van der Waals surface area (Å²) in [7, 11) is 0. The second-order valence-corrected chi connectivity index (χ2v) is 3.87. The fourth-order valence-electron chi connectivity index (χ4n) is 1.04. The maximum Gasteiger partial charge on any atom is 0.405 e. The van der Waals surface area contributed by atoms with Gasteiger partial charge in [0.2, 0.25) is 5.91 Å². The summed E-state index contributed by atoms with van der Waals surface area (Å²) in [6.07, 6.45) is -3.20. The molecule has 19 heavy (non-hydrogen) atoms. The Morgan fingerprint density at radius 3 is 2.58 bits per heavy atom. The van der Waals surface area contributed by atoms with E-state index in [-0.39, 0.29) is 10.7 Å². The van der Waals surface area contributed by atoms with Crippen LogP contribution in [-0.4, -0.2) is 36.1 Å². The maximum absolute atomic E-state index is 11.8. The van der Waals surface area contributed by atoms with Crippen molar-refractivity contribution in [3.8, 4) is 0 Å². The number of alkyl halides is 3. The lowest BCUT2D eigenvalue weighted by atomic mass is 10.3. The number of amides is 2. The molecule has 104 valence electrons. The van der Waals surface area contributed by atoms with Crippen molar-refractivity contribution in [1.82, 2.24) is 15.6 Å². The SMILES string of the molecule is O=C(CNC(=O)c1cc(Cl)ccn1)NCC(F)(F)F. The number of nitrogens with one attached hydrogen (secondary N) is 2. The Balaban J connectivity index is 2.40. The van der Waals surface area contributed by atoms with Gasteiger partial charge in [-0.25, -0.2) is 0 Å². The van der Waals surface area contributed by atoms with E-state index in [4.69, 9.17) is 11.6 Å². The van der Waals surface area contributed by atoms with Crippen LogP contribution in [0.1, 0.15) is 10.5 Å². The first-order valence-electron chi connectivity index (χ1n) is 5.01. The molecule has 0 atom stereocenters. The zero-order valence-electron chi connectivity index (χ0n) is 9.42. The van der Waals surface area contributed by atoms with Crippen LogP contribution >= 0.6 is 11.6 Å². The summed E-state index contributed by atoms with van der Waals surface area (Å²) in [6.45, 7) is -2.03. The third kappa shape index (κ3) is 6.05. The Morgan fingerprint density at radius 2 is 2.00 bits per heavy atom. The van der Waals surface area contributed by atoms with Gasteiger partial charge in [0.05, 0.1) is 6.54 Å². The van der Waals surface area contributed by atoms with Gasteiger partial charge in [0, 0.05) is 11.2 Å². The molecule has 0 fully saturated rings. The van der Waals surface area contributed by atoms with Crippen molar-refractivity contribution < 1.29 is 22.8 Å². The van der Waals surface area contributed by atoms with Gasteiger partial charge in [0.25, 0.3) is 5.91 Å². The fourth-order valence-corrected chi connectivity index (χ4v) is 1.20. The summed E-state index contributed by atoms with van der Waals surface area (Å²) < 4.78 is 35.4. The number of rotatable bonds is 4. The first kappa shape index (κ1) is 15.2. The topological polar surface area (TPSA) is 71.1 Å². The minimum Gasteiger partial charge on any atom is -0.345 e. The van der Waals surface area contributed by atoms with Gasteiger partial charge in [-0.15, -0.1) is 0 Å². The van der Waals surface area contributed by atoms with Crippen LogP contribution in [0.25, 0.3) is 0 Å². The van der Waals surface area contributed by atoms with Crippen molar-refractivity contribution in [2.75, 3.05) is 13.1 Å². The molecule has 5 nitrogen and oxygen atoms in total. The standard InChI is InChI=1S/C10H9ClF3N3O2/c11-6-1-2-15-7(3-6)9(19)16-4-8(18)17-5-10(12,13)14/h1-3H,4-5H2,(H,16,19)(H,17,18). The summed E-state index contributed by atoms with van der Waals surface area (Å²) in [5.74, 6) is -1.66. The quantitative estimate of drug-likeness (QED) is 0.875. The molecule has 0 aromatic carbocycles. The van der Waals surface area contributed by atoms with Gasteiger partial charge in [0.15, 0.2) is 0 Å². The van der Waals surface area contributed by atoms with Crippen molar-refractivity contribution >= 4 is 23.4 Å². The van der Waals surface area contributed by atoms with Crippen molar-refractivity contribution in [3.63, 3.8) is 0 Å². The Bertz CT molecular complexity index is 479. The fraction of sp³-hybridized carbons (Fsp3) is 0.300. The normalized spacial score (nSPS) is 10.9. The largest absolute Gasteiger partial charge is 0.405 e. The van der Waals surface area contributed by atoms with Crippen LogP contribution in [0.4, 0.5) is 13.2 Å². The minimum absolute atomic E-state index is 0.0314. The summed E-state index contributed by atoms with van der Waals surface area (Å²) in [5.41, 5.74) is -0.0314. The van der Waals surface area contributed by atoms with Gasteiger partial charge in [-0.1, -0.05) is 11.6 Å². The van der Waals surface area contributed by atoms with Gasteiger partial charge >= 0.3 is 6.18 Å². The van der Waals surface area contributed by atoms with Gasteiger partial charge < -0.3 is 10.6 Å². The van der Waals surface area contributed by atoms with E-state index in [9.17, 15) is 22.8 Å². The third-order valence-electron chi connectivity index (χ3n) is 1.85. The molecule has 2 amide bonds. The van der Waals surface area contributed by atoms with Crippen LogP contribution in [-0.2, 0) is 4.79 Å². The average molecular weight is 296 g/mol. The van der Waals surface area contributed by atoms with Gasteiger partial charge in [-0.2, -0.15) is 13.2 Å². The number of hydrogen-bond donors (Lipinski definition) is 2. The van der Waals surface area contributed by atoms with Crippen molar-refractivity contribution in [3.05, 3.63) is 29.0 Å². The monoisotopic (exact) mass is 295 g/mol. The molecule has 1 rings (SSSR count). The van der Waals surface area contributed by atoms with E-state index >= 15 is 0 Å². The zero-order valence-corrected chi connectivity index (χ0v) is 10.2. The van der Waals surface area contributed by atoms with Crippen LogP contribution in [0, 0.1) is 0 Å². The molecule has 0 saturated heterocycles. The lowest BCUT2D eigenvalue weighted by Gasteiger charge is -2.08. The Labute approximate surface area is 111 Å². The number of aromatic nitrogens is 1. The number of halogens is 4. The number of hydrogen-bond acceptors (Lipinski definition) is 3. The van der Waals surface area contributed by atoms with E-state index in [1.54, 1.807) is 5.32 Å². The van der Waals surface area contributed by atoms with Crippen molar-refractivity contribution in [2.45, 2.75) is 6.18 Å². The second kappa shape index (κ2) is 6.37. The van der Waals surface area contributed by atoms with Crippen LogP contribution in [0.5, 0.6) is 0 Å².